The lowest BCUT2D eigenvalue weighted by Crippen LogP contribution is -2.46. The SMILES string of the molecule is NC(=O)N(CCCCN1CCN(c2ccc3c(c2)OCCCO3)CC1)c1sc2ccccc2c1Cl. The van der Waals surface area contributed by atoms with Gasteiger partial charge >= 0.3 is 6.03 Å². The normalized spacial score (nSPS) is 16.3. The van der Waals surface area contributed by atoms with Crippen molar-refractivity contribution in [2.24, 2.45) is 5.73 Å². The van der Waals surface area contributed by atoms with Gasteiger partial charge in [0.05, 0.1) is 18.2 Å². The highest BCUT2D eigenvalue weighted by atomic mass is 35.5. The average molecular weight is 515 g/mol. The number of hydrogen-bond donors (Lipinski definition) is 1. The maximum absolute atomic E-state index is 12.2. The van der Waals surface area contributed by atoms with Crippen molar-refractivity contribution < 1.29 is 14.3 Å². The molecule has 0 atom stereocenters. The number of ether oxygens (including phenoxy) is 2. The number of primary amides is 1. The molecule has 2 aliphatic rings. The molecule has 7 nitrogen and oxygen atoms in total. The first kappa shape index (κ1) is 24.0. The fourth-order valence-electron chi connectivity index (χ4n) is 4.67. The van der Waals surface area contributed by atoms with Crippen molar-refractivity contribution in [2.45, 2.75) is 19.3 Å². The van der Waals surface area contributed by atoms with Crippen LogP contribution in [0, 0.1) is 0 Å². The molecular formula is C26H31ClN4O3S. The first-order valence-electron chi connectivity index (χ1n) is 12.2. The number of nitrogens with zero attached hydrogens (tertiary/aromatic N) is 3. The minimum absolute atomic E-state index is 0.456. The molecule has 35 heavy (non-hydrogen) atoms. The summed E-state index contributed by atoms with van der Waals surface area (Å²) >= 11 is 8.09. The molecule has 186 valence electrons. The first-order chi connectivity index (χ1) is 17.1. The molecule has 1 fully saturated rings. The number of urea groups is 1. The van der Waals surface area contributed by atoms with E-state index in [1.807, 2.05) is 30.3 Å². The molecule has 0 unspecified atom stereocenters. The Hall–Kier alpha value is -2.68. The number of thiophene rings is 1. The van der Waals surface area contributed by atoms with Gasteiger partial charge in [0.1, 0.15) is 5.00 Å². The topological polar surface area (TPSA) is 71.3 Å². The Kier molecular flexibility index (Phi) is 7.51. The third-order valence-electron chi connectivity index (χ3n) is 6.60. The van der Waals surface area contributed by atoms with Crippen LogP contribution in [-0.2, 0) is 0 Å². The van der Waals surface area contributed by atoms with Crippen LogP contribution in [0.3, 0.4) is 0 Å². The van der Waals surface area contributed by atoms with Gasteiger partial charge in [0.25, 0.3) is 0 Å². The summed E-state index contributed by atoms with van der Waals surface area (Å²) in [5.41, 5.74) is 6.89. The van der Waals surface area contributed by atoms with E-state index in [2.05, 4.69) is 21.9 Å². The number of carbonyl (C=O) groups is 1. The molecule has 3 aromatic rings. The van der Waals surface area contributed by atoms with E-state index in [1.165, 1.54) is 17.0 Å². The predicted molar refractivity (Wildman–Crippen MR) is 144 cm³/mol. The summed E-state index contributed by atoms with van der Waals surface area (Å²) in [5.74, 6) is 1.69. The van der Waals surface area contributed by atoms with E-state index in [9.17, 15) is 4.79 Å². The van der Waals surface area contributed by atoms with E-state index in [1.54, 1.807) is 4.90 Å². The standard InChI is InChI=1S/C26H31ClN4O3S/c27-24-20-6-1-2-7-23(20)35-25(24)31(26(28)32)11-4-3-10-29-12-14-30(15-13-29)19-8-9-21-22(18-19)34-17-5-16-33-21/h1-2,6-9,18H,3-5,10-17H2,(H2,28,32). The second kappa shape index (κ2) is 10.9. The van der Waals surface area contributed by atoms with Crippen LogP contribution < -0.4 is 25.0 Å². The average Bonchev–Trinajstić information content (AvgIpc) is 3.04. The maximum atomic E-state index is 12.2. The number of anilines is 2. The van der Waals surface area contributed by atoms with Crippen molar-refractivity contribution >= 4 is 49.7 Å². The van der Waals surface area contributed by atoms with Gasteiger partial charge in [-0.2, -0.15) is 0 Å². The Morgan fingerprint density at radius 2 is 1.80 bits per heavy atom. The van der Waals surface area contributed by atoms with Crippen LogP contribution in [0.1, 0.15) is 19.3 Å². The van der Waals surface area contributed by atoms with Gasteiger partial charge in [-0.05, 0) is 37.6 Å². The second-order valence-electron chi connectivity index (χ2n) is 8.92. The monoisotopic (exact) mass is 514 g/mol. The number of halogens is 1. The molecule has 0 spiro atoms. The molecule has 2 aromatic carbocycles. The predicted octanol–water partition coefficient (Wildman–Crippen LogP) is 5.20. The summed E-state index contributed by atoms with van der Waals surface area (Å²) in [7, 11) is 0. The minimum Gasteiger partial charge on any atom is -0.490 e. The van der Waals surface area contributed by atoms with E-state index < -0.39 is 6.03 Å². The number of piperazine rings is 1. The molecule has 2 amide bonds. The van der Waals surface area contributed by atoms with E-state index >= 15 is 0 Å². The van der Waals surface area contributed by atoms with Gasteiger partial charge in [-0.25, -0.2) is 4.79 Å². The number of unbranched alkanes of at least 4 members (excludes halogenated alkanes) is 1. The van der Waals surface area contributed by atoms with E-state index in [0.717, 1.165) is 78.6 Å². The fraction of sp³-hybridized carbons (Fsp3) is 0.423. The molecule has 0 saturated carbocycles. The zero-order chi connectivity index (χ0) is 24.2. The van der Waals surface area contributed by atoms with Crippen molar-refractivity contribution in [1.82, 2.24) is 4.90 Å². The lowest BCUT2D eigenvalue weighted by atomic mass is 10.2. The van der Waals surface area contributed by atoms with Crippen LogP contribution in [0.15, 0.2) is 42.5 Å². The zero-order valence-electron chi connectivity index (χ0n) is 19.7. The van der Waals surface area contributed by atoms with Gasteiger partial charge in [0.15, 0.2) is 11.5 Å². The summed E-state index contributed by atoms with van der Waals surface area (Å²) in [5, 5.41) is 2.31. The third-order valence-corrected chi connectivity index (χ3v) is 8.29. The van der Waals surface area contributed by atoms with Crippen LogP contribution in [0.2, 0.25) is 5.02 Å². The fourth-order valence-corrected chi connectivity index (χ4v) is 6.23. The van der Waals surface area contributed by atoms with E-state index in [-0.39, 0.29) is 0 Å². The van der Waals surface area contributed by atoms with Crippen molar-refractivity contribution in [2.75, 3.05) is 62.3 Å². The molecule has 0 bridgehead atoms. The lowest BCUT2D eigenvalue weighted by molar-refractivity contribution is 0.249. The van der Waals surface area contributed by atoms with Gasteiger partial charge in [-0.15, -0.1) is 11.3 Å². The van der Waals surface area contributed by atoms with Crippen LogP contribution in [-0.4, -0.2) is 63.4 Å². The maximum Gasteiger partial charge on any atom is 0.319 e. The largest absolute Gasteiger partial charge is 0.490 e. The Morgan fingerprint density at radius 1 is 1.03 bits per heavy atom. The minimum atomic E-state index is -0.456. The molecule has 5 rings (SSSR count). The Balaban J connectivity index is 1.10. The summed E-state index contributed by atoms with van der Waals surface area (Å²) in [4.78, 5) is 18.7. The van der Waals surface area contributed by atoms with Crippen molar-refractivity contribution in [3.63, 3.8) is 0 Å². The van der Waals surface area contributed by atoms with Crippen LogP contribution in [0.25, 0.3) is 10.1 Å². The number of hydrogen-bond acceptors (Lipinski definition) is 6. The Labute approximate surface area is 214 Å². The quantitative estimate of drug-likeness (QED) is 0.438. The number of nitrogens with two attached hydrogens (primary N) is 1. The second-order valence-corrected chi connectivity index (χ2v) is 10.3. The Bertz CT molecular complexity index is 1180. The highest BCUT2D eigenvalue weighted by Crippen LogP contribution is 2.41. The molecule has 3 heterocycles. The first-order valence-corrected chi connectivity index (χ1v) is 13.4. The van der Waals surface area contributed by atoms with Crippen molar-refractivity contribution in [3.05, 3.63) is 47.5 Å². The number of amides is 2. The highest BCUT2D eigenvalue weighted by molar-refractivity contribution is 7.23. The van der Waals surface area contributed by atoms with Gasteiger partial charge in [0, 0.05) is 61.0 Å². The summed E-state index contributed by atoms with van der Waals surface area (Å²) in [6.45, 7) is 6.95. The molecule has 0 aliphatic carbocycles. The smallest absolute Gasteiger partial charge is 0.319 e. The number of carbonyl (C=O) groups excluding carboxylic acids is 1. The van der Waals surface area contributed by atoms with Crippen LogP contribution in [0.5, 0.6) is 11.5 Å². The zero-order valence-corrected chi connectivity index (χ0v) is 21.3. The van der Waals surface area contributed by atoms with Gasteiger partial charge < -0.3 is 20.1 Å². The lowest BCUT2D eigenvalue weighted by Gasteiger charge is -2.36. The van der Waals surface area contributed by atoms with Crippen molar-refractivity contribution in [1.29, 1.82) is 0 Å². The molecule has 9 heteroatoms. The van der Waals surface area contributed by atoms with Gasteiger partial charge in [-0.3, -0.25) is 9.80 Å². The van der Waals surface area contributed by atoms with Crippen molar-refractivity contribution in [3.8, 4) is 11.5 Å². The van der Waals surface area contributed by atoms with Crippen LogP contribution >= 0.6 is 22.9 Å². The van der Waals surface area contributed by atoms with Gasteiger partial charge in [-0.1, -0.05) is 29.8 Å². The highest BCUT2D eigenvalue weighted by Gasteiger charge is 2.22. The summed E-state index contributed by atoms with van der Waals surface area (Å²) in [6.07, 6.45) is 2.78. The van der Waals surface area contributed by atoms with E-state index in [4.69, 9.17) is 26.8 Å². The summed E-state index contributed by atoms with van der Waals surface area (Å²) in [6, 6.07) is 13.7. The molecule has 1 aromatic heterocycles. The number of fused-ring (bicyclic) bond motifs is 2. The Morgan fingerprint density at radius 3 is 2.57 bits per heavy atom. The molecule has 0 radical (unpaired) electrons. The van der Waals surface area contributed by atoms with E-state index in [0.29, 0.717) is 24.8 Å². The summed E-state index contributed by atoms with van der Waals surface area (Å²) < 4.78 is 12.7. The third kappa shape index (κ3) is 5.44. The molecule has 1 saturated heterocycles. The van der Waals surface area contributed by atoms with Gasteiger partial charge in [0.2, 0.25) is 0 Å². The molecule has 2 N–H and O–H groups in total. The molecular weight excluding hydrogens is 484 g/mol. The number of rotatable bonds is 7. The van der Waals surface area contributed by atoms with Crippen LogP contribution in [0.4, 0.5) is 15.5 Å². The number of benzene rings is 2. The molecule has 2 aliphatic heterocycles.